The van der Waals surface area contributed by atoms with Crippen molar-refractivity contribution in [3.05, 3.63) is 89.7 Å². The minimum Gasteiger partial charge on any atom is -0.490 e. The van der Waals surface area contributed by atoms with E-state index in [1.165, 1.54) is 11.6 Å². The number of rotatable bonds is 10. The first kappa shape index (κ1) is 22.9. The molecule has 3 rings (SSSR count). The number of hydrogen-bond acceptors (Lipinski definition) is 4. The van der Waals surface area contributed by atoms with Gasteiger partial charge in [0.15, 0.2) is 11.5 Å². The van der Waals surface area contributed by atoms with E-state index in [4.69, 9.17) is 9.47 Å². The number of carbonyl (C=O) groups excluding carboxylic acids is 2. The molecule has 0 unspecified atom stereocenters. The summed E-state index contributed by atoms with van der Waals surface area (Å²) >= 11 is 0. The van der Waals surface area contributed by atoms with Crippen LogP contribution in [-0.2, 0) is 17.8 Å². The highest BCUT2D eigenvalue weighted by molar-refractivity contribution is 6.14. The van der Waals surface area contributed by atoms with Crippen molar-refractivity contribution in [2.24, 2.45) is 0 Å². The Morgan fingerprint density at radius 1 is 1.06 bits per heavy atom. The predicted molar refractivity (Wildman–Crippen MR) is 125 cm³/mol. The number of nitrogens with one attached hydrogen (secondary N) is 1. The van der Waals surface area contributed by atoms with Crippen LogP contribution in [0.2, 0.25) is 0 Å². The summed E-state index contributed by atoms with van der Waals surface area (Å²) in [6.07, 6.45) is 5.50. The summed E-state index contributed by atoms with van der Waals surface area (Å²) in [6, 6.07) is 11.4. The normalized spacial score (nSPS) is 14.4. The van der Waals surface area contributed by atoms with Gasteiger partial charge in [0.25, 0.3) is 5.91 Å². The van der Waals surface area contributed by atoms with E-state index in [-0.39, 0.29) is 12.2 Å². The van der Waals surface area contributed by atoms with Crippen molar-refractivity contribution in [2.75, 3.05) is 13.2 Å². The van der Waals surface area contributed by atoms with Crippen LogP contribution in [0.4, 0.5) is 4.79 Å². The van der Waals surface area contributed by atoms with Crippen LogP contribution in [0.15, 0.2) is 67.4 Å². The summed E-state index contributed by atoms with van der Waals surface area (Å²) < 4.78 is 12.0. The zero-order chi connectivity index (χ0) is 23.1. The van der Waals surface area contributed by atoms with E-state index < -0.39 is 11.9 Å². The zero-order valence-corrected chi connectivity index (χ0v) is 18.5. The van der Waals surface area contributed by atoms with E-state index in [2.05, 4.69) is 18.5 Å². The van der Waals surface area contributed by atoms with Gasteiger partial charge in [-0.25, -0.2) is 4.79 Å². The molecular weight excluding hydrogens is 404 g/mol. The maximum Gasteiger partial charge on any atom is 0.329 e. The molecular formula is C26H28N2O4. The van der Waals surface area contributed by atoms with Gasteiger partial charge in [0.05, 0.1) is 6.61 Å². The Labute approximate surface area is 188 Å². The fourth-order valence-electron chi connectivity index (χ4n) is 3.37. The minimum absolute atomic E-state index is 0.152. The summed E-state index contributed by atoms with van der Waals surface area (Å²) in [5, 5.41) is 2.61. The lowest BCUT2D eigenvalue weighted by Crippen LogP contribution is -2.30. The highest BCUT2D eigenvalue weighted by Gasteiger charge is 2.32. The van der Waals surface area contributed by atoms with Gasteiger partial charge >= 0.3 is 6.03 Å². The third-order valence-electron chi connectivity index (χ3n) is 4.91. The SMILES string of the molecule is C=CCc1cc(/C=C2/NC(=O)N(CC=C)C2=O)cc(OCC)c1OCc1ccc(C)cc1. The summed E-state index contributed by atoms with van der Waals surface area (Å²) in [7, 11) is 0. The number of aryl methyl sites for hydroxylation is 1. The summed E-state index contributed by atoms with van der Waals surface area (Å²) in [5.74, 6) is 0.827. The van der Waals surface area contributed by atoms with Crippen LogP contribution < -0.4 is 14.8 Å². The number of urea groups is 1. The molecule has 0 aliphatic carbocycles. The average molecular weight is 433 g/mol. The first-order valence-corrected chi connectivity index (χ1v) is 10.5. The van der Waals surface area contributed by atoms with Crippen molar-refractivity contribution in [1.29, 1.82) is 0 Å². The first-order valence-electron chi connectivity index (χ1n) is 10.5. The molecule has 1 saturated heterocycles. The van der Waals surface area contributed by atoms with Gasteiger partial charge < -0.3 is 14.8 Å². The quantitative estimate of drug-likeness (QED) is 0.333. The van der Waals surface area contributed by atoms with Gasteiger partial charge in [-0.3, -0.25) is 9.69 Å². The van der Waals surface area contributed by atoms with Crippen LogP contribution in [-0.4, -0.2) is 30.0 Å². The van der Waals surface area contributed by atoms with E-state index in [1.54, 1.807) is 12.2 Å². The summed E-state index contributed by atoms with van der Waals surface area (Å²) in [5.41, 5.74) is 4.04. The molecule has 0 radical (unpaired) electrons. The standard InChI is InChI=1S/C26H28N2O4/c1-5-8-21-14-20(15-22-25(29)28(13-6-2)26(30)27-22)16-23(31-7-3)24(21)32-17-19-11-9-18(4)10-12-19/h5-6,9-12,14-16H,1-2,7-8,13,17H2,3-4H3,(H,27,30)/b22-15+. The highest BCUT2D eigenvalue weighted by atomic mass is 16.5. The molecule has 1 N–H and O–H groups in total. The lowest BCUT2D eigenvalue weighted by molar-refractivity contribution is -0.122. The van der Waals surface area contributed by atoms with E-state index >= 15 is 0 Å². The molecule has 32 heavy (non-hydrogen) atoms. The van der Waals surface area contributed by atoms with E-state index in [9.17, 15) is 9.59 Å². The average Bonchev–Trinajstić information content (AvgIpc) is 3.02. The first-order chi connectivity index (χ1) is 15.5. The Bertz CT molecular complexity index is 1050. The molecule has 2 aromatic carbocycles. The fraction of sp³-hybridized carbons (Fsp3) is 0.231. The lowest BCUT2D eigenvalue weighted by atomic mass is 10.0. The van der Waals surface area contributed by atoms with Crippen LogP contribution in [0.1, 0.15) is 29.2 Å². The Hall–Kier alpha value is -3.80. The number of amides is 3. The Morgan fingerprint density at radius 3 is 2.47 bits per heavy atom. The largest absolute Gasteiger partial charge is 0.490 e. The molecule has 0 spiro atoms. The topological polar surface area (TPSA) is 67.9 Å². The third-order valence-corrected chi connectivity index (χ3v) is 4.91. The number of hydrogen-bond donors (Lipinski definition) is 1. The van der Waals surface area contributed by atoms with Gasteiger partial charge in [-0.15, -0.1) is 13.2 Å². The molecule has 1 heterocycles. The molecule has 6 nitrogen and oxygen atoms in total. The second-order valence-corrected chi connectivity index (χ2v) is 7.40. The Morgan fingerprint density at radius 2 is 1.81 bits per heavy atom. The van der Waals surface area contributed by atoms with E-state index in [0.29, 0.717) is 31.1 Å². The van der Waals surface area contributed by atoms with Gasteiger partial charge in [0, 0.05) is 12.1 Å². The van der Waals surface area contributed by atoms with Gasteiger partial charge in [0.1, 0.15) is 12.3 Å². The summed E-state index contributed by atoms with van der Waals surface area (Å²) in [4.78, 5) is 25.7. The van der Waals surface area contributed by atoms with E-state index in [1.807, 2.05) is 50.2 Å². The fourth-order valence-corrected chi connectivity index (χ4v) is 3.37. The van der Waals surface area contributed by atoms with Gasteiger partial charge in [0.2, 0.25) is 0 Å². The Kier molecular flexibility index (Phi) is 7.49. The smallest absolute Gasteiger partial charge is 0.329 e. The lowest BCUT2D eigenvalue weighted by Gasteiger charge is -2.17. The molecule has 166 valence electrons. The number of carbonyl (C=O) groups is 2. The van der Waals surface area contributed by atoms with Gasteiger partial charge in [-0.1, -0.05) is 42.0 Å². The zero-order valence-electron chi connectivity index (χ0n) is 18.5. The maximum atomic E-state index is 12.5. The van der Waals surface area contributed by atoms with Crippen LogP contribution >= 0.6 is 0 Å². The Balaban J connectivity index is 1.94. The second-order valence-electron chi connectivity index (χ2n) is 7.40. The molecule has 3 amide bonds. The van der Waals surface area contributed by atoms with Gasteiger partial charge in [-0.05, 0) is 49.6 Å². The van der Waals surface area contributed by atoms with Crippen LogP contribution in [0.5, 0.6) is 11.5 Å². The highest BCUT2D eigenvalue weighted by Crippen LogP contribution is 2.35. The molecule has 2 aromatic rings. The molecule has 1 fully saturated rings. The number of ether oxygens (including phenoxy) is 2. The molecule has 0 saturated carbocycles. The molecule has 1 aliphatic heterocycles. The van der Waals surface area contributed by atoms with Crippen molar-refractivity contribution in [3.63, 3.8) is 0 Å². The van der Waals surface area contributed by atoms with Crippen LogP contribution in [0.3, 0.4) is 0 Å². The van der Waals surface area contributed by atoms with Crippen molar-refractivity contribution < 1.29 is 19.1 Å². The minimum atomic E-state index is -0.462. The number of nitrogens with zero attached hydrogens (tertiary/aromatic N) is 1. The van der Waals surface area contributed by atoms with Crippen LogP contribution in [0, 0.1) is 6.92 Å². The second kappa shape index (κ2) is 10.5. The van der Waals surface area contributed by atoms with Crippen molar-refractivity contribution in [1.82, 2.24) is 10.2 Å². The summed E-state index contributed by atoms with van der Waals surface area (Å²) in [6.45, 7) is 12.4. The molecule has 0 bridgehead atoms. The van der Waals surface area contributed by atoms with Gasteiger partial charge in [-0.2, -0.15) is 0 Å². The molecule has 0 atom stereocenters. The maximum absolute atomic E-state index is 12.5. The van der Waals surface area contributed by atoms with Crippen LogP contribution in [0.25, 0.3) is 6.08 Å². The monoisotopic (exact) mass is 432 g/mol. The third kappa shape index (κ3) is 5.27. The number of allylic oxidation sites excluding steroid dienone is 1. The molecule has 0 aromatic heterocycles. The van der Waals surface area contributed by atoms with Crippen molar-refractivity contribution >= 4 is 18.0 Å². The molecule has 1 aliphatic rings. The molecule has 6 heteroatoms. The predicted octanol–water partition coefficient (Wildman–Crippen LogP) is 4.78. The van der Waals surface area contributed by atoms with Crippen molar-refractivity contribution in [2.45, 2.75) is 26.9 Å². The van der Waals surface area contributed by atoms with E-state index in [0.717, 1.165) is 21.6 Å². The number of benzene rings is 2. The number of imide groups is 1. The van der Waals surface area contributed by atoms with Crippen molar-refractivity contribution in [3.8, 4) is 11.5 Å².